The molecule has 1 aromatic carbocycles. The average molecular weight is 311 g/mol. The van der Waals surface area contributed by atoms with E-state index >= 15 is 0 Å². The first kappa shape index (κ1) is 16.4. The molecule has 1 aromatic rings. The molecule has 1 heterocycles. The minimum Gasteiger partial charge on any atom is -0.309 e. The zero-order chi connectivity index (χ0) is 15.3. The number of benzene rings is 1. The Kier molecular flexibility index (Phi) is 5.75. The molecule has 0 radical (unpaired) electrons. The van der Waals surface area contributed by atoms with Gasteiger partial charge in [0.25, 0.3) is 10.2 Å². The first-order valence-corrected chi connectivity index (χ1v) is 8.90. The van der Waals surface area contributed by atoms with Crippen molar-refractivity contribution in [2.45, 2.75) is 25.3 Å². The van der Waals surface area contributed by atoms with Gasteiger partial charge in [0, 0.05) is 19.1 Å². The summed E-state index contributed by atoms with van der Waals surface area (Å²) in [5.74, 6) is 0. The highest BCUT2D eigenvalue weighted by Crippen LogP contribution is 2.20. The first-order valence-electron chi connectivity index (χ1n) is 7.46. The Morgan fingerprint density at radius 1 is 1.19 bits per heavy atom. The molecule has 0 saturated carbocycles. The normalized spacial score (nSPS) is 18.2. The van der Waals surface area contributed by atoms with Crippen LogP contribution in [0, 0.1) is 0 Å². The van der Waals surface area contributed by atoms with Gasteiger partial charge in [-0.05, 0) is 45.5 Å². The van der Waals surface area contributed by atoms with Crippen molar-refractivity contribution in [1.29, 1.82) is 0 Å². The van der Waals surface area contributed by atoms with Gasteiger partial charge < -0.3 is 4.90 Å². The van der Waals surface area contributed by atoms with Gasteiger partial charge in [0.2, 0.25) is 0 Å². The Hall–Kier alpha value is -0.950. The Morgan fingerprint density at radius 3 is 2.38 bits per heavy atom. The highest BCUT2D eigenvalue weighted by Gasteiger charge is 2.28. The van der Waals surface area contributed by atoms with Gasteiger partial charge in [-0.15, -0.1) is 0 Å². The highest BCUT2D eigenvalue weighted by molar-refractivity contribution is 7.87. The predicted octanol–water partition coefficient (Wildman–Crippen LogP) is 1.61. The summed E-state index contributed by atoms with van der Waals surface area (Å²) in [5.41, 5.74) is 1.02. The number of rotatable bonds is 7. The van der Waals surface area contributed by atoms with Gasteiger partial charge in [-0.25, -0.2) is 0 Å². The van der Waals surface area contributed by atoms with E-state index in [4.69, 9.17) is 0 Å². The maximum absolute atomic E-state index is 12.5. The molecule has 0 bridgehead atoms. The zero-order valence-corrected chi connectivity index (χ0v) is 13.6. The number of nitrogens with zero attached hydrogens (tertiary/aromatic N) is 2. The topological polar surface area (TPSA) is 52.7 Å². The maximum atomic E-state index is 12.5. The zero-order valence-electron chi connectivity index (χ0n) is 12.8. The van der Waals surface area contributed by atoms with Crippen LogP contribution in [0.2, 0.25) is 0 Å². The van der Waals surface area contributed by atoms with Crippen molar-refractivity contribution in [2.75, 3.05) is 33.7 Å². The molecule has 1 atom stereocenters. The second-order valence-corrected chi connectivity index (χ2v) is 7.49. The third kappa shape index (κ3) is 4.78. The third-order valence-corrected chi connectivity index (χ3v) is 5.39. The van der Waals surface area contributed by atoms with Crippen LogP contribution in [0.25, 0.3) is 0 Å². The van der Waals surface area contributed by atoms with E-state index in [0.29, 0.717) is 13.1 Å². The number of nitrogens with one attached hydrogen (secondary N) is 1. The lowest BCUT2D eigenvalue weighted by molar-refractivity contribution is 0.370. The summed E-state index contributed by atoms with van der Waals surface area (Å²) in [6.07, 6.45) is 2.66. The molecule has 118 valence electrons. The molecule has 6 heteroatoms. The Bertz CT molecular complexity index is 525. The SMILES string of the molecule is CN(C)CCC(NS(=O)(=O)N1CCCC1)c1ccccc1. The molecule has 1 aliphatic heterocycles. The third-order valence-electron chi connectivity index (χ3n) is 3.76. The molecule has 1 saturated heterocycles. The minimum absolute atomic E-state index is 0.181. The molecule has 2 rings (SSSR count). The highest BCUT2D eigenvalue weighted by atomic mass is 32.2. The molecule has 0 aliphatic carbocycles. The van der Waals surface area contributed by atoms with Crippen LogP contribution in [0.4, 0.5) is 0 Å². The molecular formula is C15H25N3O2S. The summed E-state index contributed by atoms with van der Waals surface area (Å²) in [6, 6.07) is 9.62. The Labute approximate surface area is 128 Å². The van der Waals surface area contributed by atoms with Gasteiger partial charge in [-0.1, -0.05) is 30.3 Å². The van der Waals surface area contributed by atoms with Gasteiger partial charge >= 0.3 is 0 Å². The smallest absolute Gasteiger partial charge is 0.280 e. The molecule has 0 aromatic heterocycles. The molecule has 1 fully saturated rings. The van der Waals surface area contributed by atoms with Crippen LogP contribution in [-0.4, -0.2) is 51.4 Å². The van der Waals surface area contributed by atoms with Gasteiger partial charge in [-0.2, -0.15) is 17.4 Å². The quantitative estimate of drug-likeness (QED) is 0.832. The van der Waals surface area contributed by atoms with Crippen LogP contribution in [-0.2, 0) is 10.2 Å². The number of hydrogen-bond acceptors (Lipinski definition) is 3. The van der Waals surface area contributed by atoms with Crippen molar-refractivity contribution >= 4 is 10.2 Å². The molecule has 0 amide bonds. The van der Waals surface area contributed by atoms with Crippen molar-refractivity contribution in [3.05, 3.63) is 35.9 Å². The van der Waals surface area contributed by atoms with E-state index in [1.807, 2.05) is 44.4 Å². The maximum Gasteiger partial charge on any atom is 0.280 e. The Balaban J connectivity index is 2.11. The minimum atomic E-state index is -3.39. The van der Waals surface area contributed by atoms with E-state index < -0.39 is 10.2 Å². The fourth-order valence-corrected chi connectivity index (χ4v) is 4.05. The molecule has 1 aliphatic rings. The second-order valence-electron chi connectivity index (χ2n) is 5.78. The van der Waals surface area contributed by atoms with E-state index in [1.54, 1.807) is 4.31 Å². The van der Waals surface area contributed by atoms with Crippen molar-refractivity contribution in [3.8, 4) is 0 Å². The molecule has 1 unspecified atom stereocenters. The van der Waals surface area contributed by atoms with Crippen molar-refractivity contribution in [1.82, 2.24) is 13.9 Å². The lowest BCUT2D eigenvalue weighted by atomic mass is 10.0. The molecular weight excluding hydrogens is 286 g/mol. The standard InChI is InChI=1S/C15H25N3O2S/c1-17(2)13-10-15(14-8-4-3-5-9-14)16-21(19,20)18-11-6-7-12-18/h3-5,8-9,15-16H,6-7,10-13H2,1-2H3. The lowest BCUT2D eigenvalue weighted by Crippen LogP contribution is -2.41. The lowest BCUT2D eigenvalue weighted by Gasteiger charge is -2.24. The summed E-state index contributed by atoms with van der Waals surface area (Å²) in [4.78, 5) is 2.07. The van der Waals surface area contributed by atoms with Crippen LogP contribution < -0.4 is 4.72 Å². The fourth-order valence-electron chi connectivity index (χ4n) is 2.55. The number of hydrogen-bond donors (Lipinski definition) is 1. The van der Waals surface area contributed by atoms with Gasteiger partial charge in [0.15, 0.2) is 0 Å². The summed E-state index contributed by atoms with van der Waals surface area (Å²) >= 11 is 0. The van der Waals surface area contributed by atoms with Crippen LogP contribution >= 0.6 is 0 Å². The van der Waals surface area contributed by atoms with Crippen molar-refractivity contribution < 1.29 is 8.42 Å². The summed E-state index contributed by atoms with van der Waals surface area (Å²) in [5, 5.41) is 0. The molecule has 5 nitrogen and oxygen atoms in total. The predicted molar refractivity (Wildman–Crippen MR) is 85.2 cm³/mol. The van der Waals surface area contributed by atoms with E-state index in [0.717, 1.165) is 31.4 Å². The van der Waals surface area contributed by atoms with E-state index in [-0.39, 0.29) is 6.04 Å². The summed E-state index contributed by atoms with van der Waals surface area (Å²) < 4.78 is 29.4. The van der Waals surface area contributed by atoms with Crippen LogP contribution in [0.15, 0.2) is 30.3 Å². The second kappa shape index (κ2) is 7.35. The largest absolute Gasteiger partial charge is 0.309 e. The fraction of sp³-hybridized carbons (Fsp3) is 0.600. The Morgan fingerprint density at radius 2 is 1.81 bits per heavy atom. The van der Waals surface area contributed by atoms with Crippen LogP contribution in [0.3, 0.4) is 0 Å². The average Bonchev–Trinajstić information content (AvgIpc) is 2.99. The van der Waals surface area contributed by atoms with Gasteiger partial charge in [-0.3, -0.25) is 0 Å². The van der Waals surface area contributed by atoms with E-state index in [9.17, 15) is 8.42 Å². The van der Waals surface area contributed by atoms with Crippen LogP contribution in [0.1, 0.15) is 30.9 Å². The van der Waals surface area contributed by atoms with Crippen molar-refractivity contribution in [2.24, 2.45) is 0 Å². The summed E-state index contributed by atoms with van der Waals surface area (Å²) in [6.45, 7) is 2.09. The molecule has 21 heavy (non-hydrogen) atoms. The van der Waals surface area contributed by atoms with E-state index in [1.165, 1.54) is 0 Å². The molecule has 0 spiro atoms. The summed E-state index contributed by atoms with van der Waals surface area (Å²) in [7, 11) is 0.604. The van der Waals surface area contributed by atoms with Gasteiger partial charge in [0.05, 0.1) is 0 Å². The van der Waals surface area contributed by atoms with Gasteiger partial charge in [0.1, 0.15) is 0 Å². The molecule has 1 N–H and O–H groups in total. The van der Waals surface area contributed by atoms with Crippen molar-refractivity contribution in [3.63, 3.8) is 0 Å². The van der Waals surface area contributed by atoms with Crippen LogP contribution in [0.5, 0.6) is 0 Å². The monoisotopic (exact) mass is 311 g/mol. The van der Waals surface area contributed by atoms with E-state index in [2.05, 4.69) is 9.62 Å². The first-order chi connectivity index (χ1) is 9.99.